The topological polar surface area (TPSA) is 59.4 Å². The molecule has 5 heteroatoms. The van der Waals surface area contributed by atoms with Crippen molar-refractivity contribution < 1.29 is 14.6 Å². The molecule has 0 bridgehead atoms. The average Bonchev–Trinajstić information content (AvgIpc) is 2.32. The second-order valence-electron chi connectivity index (χ2n) is 3.70. The molecule has 4 nitrogen and oxygen atoms in total. The summed E-state index contributed by atoms with van der Waals surface area (Å²) in [5.74, 6) is -0.412. The number of aromatic carboxylic acids is 1. The number of pyridine rings is 1. The molecular weight excluding hydrogens is 298 g/mol. The SMILES string of the molecule is Cc1ccc(C(=O)O)c(Oc2ncccc2Br)c1. The molecular formula is C13H10BrNO3. The molecule has 0 fully saturated rings. The van der Waals surface area contributed by atoms with E-state index in [2.05, 4.69) is 20.9 Å². The van der Waals surface area contributed by atoms with Gasteiger partial charge in [0.05, 0.1) is 4.47 Å². The zero-order valence-corrected chi connectivity index (χ0v) is 11.1. The molecule has 0 atom stereocenters. The molecule has 1 aromatic carbocycles. The Morgan fingerprint density at radius 3 is 2.83 bits per heavy atom. The molecule has 0 unspecified atom stereocenters. The first-order chi connectivity index (χ1) is 8.58. The van der Waals surface area contributed by atoms with Gasteiger partial charge < -0.3 is 9.84 Å². The third kappa shape index (κ3) is 2.68. The van der Waals surface area contributed by atoms with E-state index in [1.54, 1.807) is 30.5 Å². The van der Waals surface area contributed by atoms with Crippen molar-refractivity contribution in [1.29, 1.82) is 0 Å². The predicted octanol–water partition coefficient (Wildman–Crippen LogP) is 3.64. The van der Waals surface area contributed by atoms with Gasteiger partial charge >= 0.3 is 5.97 Å². The first-order valence-electron chi connectivity index (χ1n) is 5.20. The molecule has 1 heterocycles. The van der Waals surface area contributed by atoms with Crippen LogP contribution in [-0.2, 0) is 0 Å². The van der Waals surface area contributed by atoms with E-state index in [0.717, 1.165) is 5.56 Å². The Hall–Kier alpha value is -1.88. The molecule has 2 aromatic rings. The van der Waals surface area contributed by atoms with Crippen LogP contribution in [0.25, 0.3) is 0 Å². The van der Waals surface area contributed by atoms with Gasteiger partial charge in [-0.2, -0.15) is 0 Å². The van der Waals surface area contributed by atoms with Gasteiger partial charge in [0, 0.05) is 6.20 Å². The summed E-state index contributed by atoms with van der Waals surface area (Å²) in [5.41, 5.74) is 1.03. The third-order valence-electron chi connectivity index (χ3n) is 2.30. The number of nitrogens with zero attached hydrogens (tertiary/aromatic N) is 1. The largest absolute Gasteiger partial charge is 0.478 e. The number of rotatable bonds is 3. The van der Waals surface area contributed by atoms with Gasteiger partial charge in [-0.1, -0.05) is 6.07 Å². The molecule has 2 rings (SSSR count). The van der Waals surface area contributed by atoms with Crippen molar-refractivity contribution in [1.82, 2.24) is 4.98 Å². The van der Waals surface area contributed by atoms with E-state index in [-0.39, 0.29) is 11.3 Å². The van der Waals surface area contributed by atoms with E-state index < -0.39 is 5.97 Å². The first-order valence-corrected chi connectivity index (χ1v) is 5.99. The van der Waals surface area contributed by atoms with Gasteiger partial charge in [0.2, 0.25) is 5.88 Å². The Morgan fingerprint density at radius 1 is 1.39 bits per heavy atom. The van der Waals surface area contributed by atoms with Gasteiger partial charge in [0.25, 0.3) is 0 Å². The minimum atomic E-state index is -1.03. The highest BCUT2D eigenvalue weighted by atomic mass is 79.9. The number of carbonyl (C=O) groups is 1. The number of carboxylic acids is 1. The molecule has 1 aromatic heterocycles. The summed E-state index contributed by atoms with van der Waals surface area (Å²) in [4.78, 5) is 15.1. The molecule has 0 spiro atoms. The molecule has 0 saturated carbocycles. The highest BCUT2D eigenvalue weighted by Gasteiger charge is 2.13. The summed E-state index contributed by atoms with van der Waals surface area (Å²) in [6.07, 6.45) is 1.58. The number of carboxylic acid groups (broad SMARTS) is 1. The summed E-state index contributed by atoms with van der Waals surface area (Å²) in [6.45, 7) is 1.87. The minimum Gasteiger partial charge on any atom is -0.478 e. The van der Waals surface area contributed by atoms with E-state index in [4.69, 9.17) is 9.84 Å². The number of ether oxygens (including phenoxy) is 1. The maximum Gasteiger partial charge on any atom is 0.339 e. The van der Waals surface area contributed by atoms with Crippen LogP contribution >= 0.6 is 15.9 Å². The number of hydrogen-bond acceptors (Lipinski definition) is 3. The summed E-state index contributed by atoms with van der Waals surface area (Å²) >= 11 is 3.30. The summed E-state index contributed by atoms with van der Waals surface area (Å²) in [7, 11) is 0. The van der Waals surface area contributed by atoms with E-state index in [9.17, 15) is 4.79 Å². The van der Waals surface area contributed by atoms with E-state index in [1.807, 2.05) is 6.92 Å². The van der Waals surface area contributed by atoms with Gasteiger partial charge in [-0.15, -0.1) is 0 Å². The normalized spacial score (nSPS) is 10.1. The lowest BCUT2D eigenvalue weighted by atomic mass is 10.1. The fraction of sp³-hybridized carbons (Fsp3) is 0.0769. The molecule has 92 valence electrons. The van der Waals surface area contributed by atoms with Crippen LogP contribution in [0.15, 0.2) is 41.0 Å². The Bertz CT molecular complexity index is 599. The van der Waals surface area contributed by atoms with Gasteiger partial charge in [0.15, 0.2) is 0 Å². The molecule has 18 heavy (non-hydrogen) atoms. The van der Waals surface area contributed by atoms with Crippen molar-refractivity contribution in [2.24, 2.45) is 0 Å². The van der Waals surface area contributed by atoms with E-state index in [0.29, 0.717) is 10.4 Å². The summed E-state index contributed by atoms with van der Waals surface area (Å²) < 4.78 is 6.21. The standard InChI is InChI=1S/C13H10BrNO3/c1-8-4-5-9(13(16)17)11(7-8)18-12-10(14)3-2-6-15-12/h2-7H,1H3,(H,16,17). The monoisotopic (exact) mass is 307 g/mol. The predicted molar refractivity (Wildman–Crippen MR) is 70.1 cm³/mol. The Balaban J connectivity index is 2.42. The molecule has 0 amide bonds. The molecule has 0 aliphatic heterocycles. The highest BCUT2D eigenvalue weighted by Crippen LogP contribution is 2.29. The van der Waals surface area contributed by atoms with Crippen molar-refractivity contribution in [2.75, 3.05) is 0 Å². The lowest BCUT2D eigenvalue weighted by molar-refractivity contribution is 0.0694. The number of aromatic nitrogens is 1. The quantitative estimate of drug-likeness (QED) is 0.940. The fourth-order valence-corrected chi connectivity index (χ4v) is 1.78. The Morgan fingerprint density at radius 2 is 2.17 bits per heavy atom. The first kappa shape index (κ1) is 12.6. The summed E-state index contributed by atoms with van der Waals surface area (Å²) in [6, 6.07) is 8.45. The van der Waals surface area contributed by atoms with Crippen molar-refractivity contribution in [2.45, 2.75) is 6.92 Å². The second-order valence-corrected chi connectivity index (χ2v) is 4.55. The Kier molecular flexibility index (Phi) is 3.62. The van der Waals surface area contributed by atoms with Crippen LogP contribution in [0.3, 0.4) is 0 Å². The van der Waals surface area contributed by atoms with Crippen LogP contribution in [0, 0.1) is 6.92 Å². The molecule has 1 N–H and O–H groups in total. The zero-order valence-electron chi connectivity index (χ0n) is 9.55. The Labute approximate surface area is 112 Å². The smallest absolute Gasteiger partial charge is 0.339 e. The van der Waals surface area contributed by atoms with Crippen LogP contribution in [-0.4, -0.2) is 16.1 Å². The number of aryl methyl sites for hydroxylation is 1. The van der Waals surface area contributed by atoms with Crippen LogP contribution < -0.4 is 4.74 Å². The highest BCUT2D eigenvalue weighted by molar-refractivity contribution is 9.10. The molecule has 0 saturated heterocycles. The van der Waals surface area contributed by atoms with Crippen molar-refractivity contribution in [3.05, 3.63) is 52.1 Å². The van der Waals surface area contributed by atoms with E-state index in [1.165, 1.54) is 6.07 Å². The van der Waals surface area contributed by atoms with Crippen LogP contribution in [0.1, 0.15) is 15.9 Å². The van der Waals surface area contributed by atoms with Crippen LogP contribution in [0.2, 0.25) is 0 Å². The maximum atomic E-state index is 11.1. The number of hydrogen-bond donors (Lipinski definition) is 1. The summed E-state index contributed by atoms with van der Waals surface area (Å²) in [5, 5.41) is 9.09. The zero-order chi connectivity index (χ0) is 13.1. The molecule has 0 aliphatic carbocycles. The van der Waals surface area contributed by atoms with Crippen molar-refractivity contribution >= 4 is 21.9 Å². The van der Waals surface area contributed by atoms with Gasteiger partial charge in [-0.3, -0.25) is 0 Å². The molecule has 0 aliphatic rings. The van der Waals surface area contributed by atoms with Crippen molar-refractivity contribution in [3.8, 4) is 11.6 Å². The van der Waals surface area contributed by atoms with Gasteiger partial charge in [0.1, 0.15) is 11.3 Å². The second kappa shape index (κ2) is 5.18. The van der Waals surface area contributed by atoms with Gasteiger partial charge in [-0.05, 0) is 52.7 Å². The lowest BCUT2D eigenvalue weighted by Gasteiger charge is -2.09. The average molecular weight is 308 g/mol. The molecule has 0 radical (unpaired) electrons. The number of benzene rings is 1. The lowest BCUT2D eigenvalue weighted by Crippen LogP contribution is -2.01. The number of halogens is 1. The fourth-order valence-electron chi connectivity index (χ4n) is 1.44. The third-order valence-corrected chi connectivity index (χ3v) is 2.90. The van der Waals surface area contributed by atoms with E-state index >= 15 is 0 Å². The van der Waals surface area contributed by atoms with Crippen molar-refractivity contribution in [3.63, 3.8) is 0 Å². The maximum absolute atomic E-state index is 11.1. The van der Waals surface area contributed by atoms with Crippen LogP contribution in [0.4, 0.5) is 0 Å². The minimum absolute atomic E-state index is 0.109. The van der Waals surface area contributed by atoms with Crippen LogP contribution in [0.5, 0.6) is 11.6 Å². The van der Waals surface area contributed by atoms with Gasteiger partial charge in [-0.25, -0.2) is 9.78 Å².